The molecule has 5 heteroatoms. The normalized spacial score (nSPS) is 17.0. The van der Waals surface area contributed by atoms with Gasteiger partial charge in [0.25, 0.3) is 5.56 Å². The lowest BCUT2D eigenvalue weighted by Gasteiger charge is -2.19. The van der Waals surface area contributed by atoms with Crippen LogP contribution in [0.4, 0.5) is 0 Å². The van der Waals surface area contributed by atoms with E-state index in [-0.39, 0.29) is 5.56 Å². The van der Waals surface area contributed by atoms with Gasteiger partial charge in [0.2, 0.25) is 0 Å². The van der Waals surface area contributed by atoms with Crippen molar-refractivity contribution in [2.75, 3.05) is 5.75 Å². The smallest absolute Gasteiger partial charge is 0.267 e. The summed E-state index contributed by atoms with van der Waals surface area (Å²) >= 11 is 3.36. The molecule has 3 aromatic rings. The summed E-state index contributed by atoms with van der Waals surface area (Å²) < 4.78 is 1.81. The van der Waals surface area contributed by atoms with E-state index in [2.05, 4.69) is 32.9 Å². The molecule has 0 bridgehead atoms. The van der Waals surface area contributed by atoms with Crippen molar-refractivity contribution in [2.24, 2.45) is 0 Å². The van der Waals surface area contributed by atoms with Crippen molar-refractivity contribution < 1.29 is 0 Å². The first-order valence-electron chi connectivity index (χ1n) is 8.88. The lowest BCUT2D eigenvalue weighted by atomic mass is 9.88. The Bertz CT molecular complexity index is 986. The van der Waals surface area contributed by atoms with Gasteiger partial charge in [-0.05, 0) is 55.6 Å². The van der Waals surface area contributed by atoms with Crippen molar-refractivity contribution >= 4 is 33.3 Å². The Labute approximate surface area is 156 Å². The topological polar surface area (TPSA) is 34.9 Å². The minimum Gasteiger partial charge on any atom is -0.268 e. The molecular formula is C20H22N2OS2. The highest BCUT2D eigenvalue weighted by Crippen LogP contribution is 2.40. The van der Waals surface area contributed by atoms with E-state index in [1.807, 2.05) is 16.7 Å². The van der Waals surface area contributed by atoms with E-state index in [1.54, 1.807) is 23.1 Å². The molecule has 1 atom stereocenters. The summed E-state index contributed by atoms with van der Waals surface area (Å²) in [6.45, 7) is 6.41. The third kappa shape index (κ3) is 2.83. The molecule has 0 N–H and O–H groups in total. The highest BCUT2D eigenvalue weighted by molar-refractivity contribution is 7.99. The molecule has 0 aliphatic heterocycles. The van der Waals surface area contributed by atoms with Crippen LogP contribution in [0.15, 0.2) is 34.2 Å². The van der Waals surface area contributed by atoms with E-state index >= 15 is 0 Å². The number of thiophene rings is 1. The van der Waals surface area contributed by atoms with Gasteiger partial charge in [0.05, 0.1) is 11.1 Å². The third-order valence-corrected chi connectivity index (χ3v) is 6.89. The monoisotopic (exact) mass is 370 g/mol. The number of hydrogen-bond donors (Lipinski definition) is 0. The Balaban J connectivity index is 2.04. The number of aromatic nitrogens is 2. The molecule has 2 heterocycles. The molecule has 25 heavy (non-hydrogen) atoms. The molecule has 0 unspecified atom stereocenters. The van der Waals surface area contributed by atoms with Crippen molar-refractivity contribution in [3.63, 3.8) is 0 Å². The van der Waals surface area contributed by atoms with Gasteiger partial charge in [-0.2, -0.15) is 0 Å². The van der Waals surface area contributed by atoms with Gasteiger partial charge in [-0.15, -0.1) is 11.3 Å². The predicted molar refractivity (Wildman–Crippen MR) is 108 cm³/mol. The number of rotatable bonds is 3. The number of hydrogen-bond acceptors (Lipinski definition) is 4. The number of nitrogens with zero attached hydrogens (tertiary/aromatic N) is 2. The van der Waals surface area contributed by atoms with Crippen LogP contribution in [0, 0.1) is 6.92 Å². The third-order valence-electron chi connectivity index (χ3n) is 4.91. The first-order valence-corrected chi connectivity index (χ1v) is 10.7. The van der Waals surface area contributed by atoms with Crippen LogP contribution in [0.2, 0.25) is 0 Å². The van der Waals surface area contributed by atoms with Gasteiger partial charge in [0.15, 0.2) is 5.16 Å². The first kappa shape index (κ1) is 16.9. The standard InChI is InChI=1S/C20H22N2OS2/c1-4-24-20-21-18-17(16-13(3)6-5-7-15(16)25-18)19(23)22(20)14-10-8-12(2)9-11-14/h8-11,13H,4-7H2,1-3H3/t13-/m0/s1. The van der Waals surface area contributed by atoms with Gasteiger partial charge >= 0.3 is 0 Å². The molecular weight excluding hydrogens is 348 g/mol. The Kier molecular flexibility index (Phi) is 4.46. The van der Waals surface area contributed by atoms with Crippen molar-refractivity contribution in [2.45, 2.75) is 51.1 Å². The fraction of sp³-hybridized carbons (Fsp3) is 0.400. The maximum absolute atomic E-state index is 13.5. The molecule has 1 aliphatic rings. The van der Waals surface area contributed by atoms with Crippen molar-refractivity contribution in [1.82, 2.24) is 9.55 Å². The van der Waals surface area contributed by atoms with Crippen molar-refractivity contribution in [1.29, 1.82) is 0 Å². The lowest BCUT2D eigenvalue weighted by Crippen LogP contribution is -2.22. The molecule has 4 rings (SSSR count). The number of fused-ring (bicyclic) bond motifs is 3. The van der Waals surface area contributed by atoms with Gasteiger partial charge in [-0.1, -0.05) is 43.3 Å². The Hall–Kier alpha value is -1.59. The zero-order valence-corrected chi connectivity index (χ0v) is 16.5. The lowest BCUT2D eigenvalue weighted by molar-refractivity contribution is 0.601. The van der Waals surface area contributed by atoms with E-state index in [0.29, 0.717) is 5.92 Å². The maximum atomic E-state index is 13.5. The summed E-state index contributed by atoms with van der Waals surface area (Å²) in [5.41, 5.74) is 3.45. The van der Waals surface area contributed by atoms with E-state index in [1.165, 1.54) is 22.4 Å². The fourth-order valence-electron chi connectivity index (χ4n) is 3.67. The van der Waals surface area contributed by atoms with Crippen LogP contribution in [0.1, 0.15) is 48.6 Å². The van der Waals surface area contributed by atoms with Gasteiger partial charge in [0, 0.05) is 4.88 Å². The summed E-state index contributed by atoms with van der Waals surface area (Å²) in [6.07, 6.45) is 3.46. The predicted octanol–water partition coefficient (Wildman–Crippen LogP) is 5.31. The average molecular weight is 371 g/mol. The minimum atomic E-state index is 0.0936. The number of benzene rings is 1. The second-order valence-corrected chi connectivity index (χ2v) is 9.03. The molecule has 0 radical (unpaired) electrons. The SMILES string of the molecule is CCSc1nc2sc3c(c2c(=O)n1-c1ccc(C)cc1)[C@@H](C)CCC3. The average Bonchev–Trinajstić information content (AvgIpc) is 2.97. The zero-order valence-electron chi connectivity index (χ0n) is 14.8. The van der Waals surface area contributed by atoms with Crippen LogP contribution in [0.3, 0.4) is 0 Å². The summed E-state index contributed by atoms with van der Waals surface area (Å²) in [5.74, 6) is 1.34. The molecule has 0 amide bonds. The molecule has 2 aromatic heterocycles. The molecule has 1 aliphatic carbocycles. The molecule has 3 nitrogen and oxygen atoms in total. The van der Waals surface area contributed by atoms with Crippen LogP contribution >= 0.6 is 23.1 Å². The summed E-state index contributed by atoms with van der Waals surface area (Å²) in [4.78, 5) is 20.7. The summed E-state index contributed by atoms with van der Waals surface area (Å²) in [7, 11) is 0. The first-order chi connectivity index (χ1) is 12.1. The maximum Gasteiger partial charge on any atom is 0.267 e. The van der Waals surface area contributed by atoms with Crippen LogP contribution < -0.4 is 5.56 Å². The van der Waals surface area contributed by atoms with E-state index in [9.17, 15) is 4.79 Å². The number of aryl methyl sites for hydroxylation is 2. The summed E-state index contributed by atoms with van der Waals surface area (Å²) in [6, 6.07) is 8.15. The fourth-order valence-corrected chi connectivity index (χ4v) is 5.78. The molecule has 0 spiro atoms. The molecule has 0 saturated carbocycles. The molecule has 130 valence electrons. The quantitative estimate of drug-likeness (QED) is 0.463. The largest absolute Gasteiger partial charge is 0.268 e. The Morgan fingerprint density at radius 2 is 2.08 bits per heavy atom. The van der Waals surface area contributed by atoms with Gasteiger partial charge in [-0.3, -0.25) is 9.36 Å². The minimum absolute atomic E-state index is 0.0936. The van der Waals surface area contributed by atoms with E-state index < -0.39 is 0 Å². The highest BCUT2D eigenvalue weighted by atomic mass is 32.2. The second-order valence-electron chi connectivity index (χ2n) is 6.72. The van der Waals surface area contributed by atoms with Gasteiger partial charge in [0.1, 0.15) is 4.83 Å². The van der Waals surface area contributed by atoms with Crippen molar-refractivity contribution in [3.05, 3.63) is 50.6 Å². The summed E-state index contributed by atoms with van der Waals surface area (Å²) in [5, 5.41) is 1.66. The zero-order chi connectivity index (χ0) is 17.6. The Morgan fingerprint density at radius 3 is 2.80 bits per heavy atom. The van der Waals surface area contributed by atoms with Crippen LogP contribution in [0.25, 0.3) is 15.9 Å². The van der Waals surface area contributed by atoms with Crippen LogP contribution in [0.5, 0.6) is 0 Å². The highest BCUT2D eigenvalue weighted by Gasteiger charge is 2.26. The molecule has 0 fully saturated rings. The van der Waals surface area contributed by atoms with E-state index in [0.717, 1.165) is 39.7 Å². The second kappa shape index (κ2) is 6.61. The van der Waals surface area contributed by atoms with Gasteiger partial charge < -0.3 is 0 Å². The molecule has 1 aromatic carbocycles. The van der Waals surface area contributed by atoms with Crippen molar-refractivity contribution in [3.8, 4) is 5.69 Å². The molecule has 0 saturated heterocycles. The van der Waals surface area contributed by atoms with Gasteiger partial charge in [-0.25, -0.2) is 4.98 Å². The van der Waals surface area contributed by atoms with Crippen LogP contribution in [-0.2, 0) is 6.42 Å². The Morgan fingerprint density at radius 1 is 1.32 bits per heavy atom. The van der Waals surface area contributed by atoms with Crippen LogP contribution in [-0.4, -0.2) is 15.3 Å². The van der Waals surface area contributed by atoms with E-state index in [4.69, 9.17) is 4.98 Å². The number of thioether (sulfide) groups is 1.